The Balaban J connectivity index is 5.05. The molecule has 0 radical (unpaired) electrons. The summed E-state index contributed by atoms with van der Waals surface area (Å²) in [5, 5.41) is 5.67. The summed E-state index contributed by atoms with van der Waals surface area (Å²) in [5.41, 5.74) is -0.603. The minimum Gasteiger partial charge on any atom is -0.338 e. The van der Waals surface area contributed by atoms with Crippen LogP contribution in [0.25, 0.3) is 0 Å². The van der Waals surface area contributed by atoms with Crippen molar-refractivity contribution in [2.24, 2.45) is 0 Å². The van der Waals surface area contributed by atoms with Gasteiger partial charge in [0.1, 0.15) is 0 Å². The van der Waals surface area contributed by atoms with Crippen LogP contribution >= 0.6 is 0 Å². The lowest BCUT2D eigenvalue weighted by Crippen LogP contribution is -2.57. The molecule has 0 aromatic rings. The highest BCUT2D eigenvalue weighted by molar-refractivity contribution is 5.76. The fraction of sp³-hybridized carbons (Fsp3) is 0.875. The highest BCUT2D eigenvalue weighted by Gasteiger charge is 2.30. The molecule has 22 heavy (non-hydrogen) atoms. The molecule has 6 nitrogen and oxygen atoms in total. The number of nitrogens with one attached hydrogen (secondary N) is 2. The molecule has 0 heterocycles. The van der Waals surface area contributed by atoms with E-state index in [0.29, 0.717) is 26.2 Å². The van der Waals surface area contributed by atoms with Crippen molar-refractivity contribution in [3.63, 3.8) is 0 Å². The summed E-state index contributed by atoms with van der Waals surface area (Å²) in [6.45, 7) is 17.9. The molecule has 0 saturated carbocycles. The first-order valence-electron chi connectivity index (χ1n) is 8.06. The van der Waals surface area contributed by atoms with Crippen molar-refractivity contribution in [2.45, 2.75) is 66.5 Å². The average Bonchev–Trinajstić information content (AvgIpc) is 2.31. The molecule has 0 spiro atoms. The van der Waals surface area contributed by atoms with Crippen LogP contribution in [-0.2, 0) is 0 Å². The summed E-state index contributed by atoms with van der Waals surface area (Å²) in [6, 6.07) is -0.195. The monoisotopic (exact) mass is 314 g/mol. The van der Waals surface area contributed by atoms with Gasteiger partial charge in [-0.3, -0.25) is 0 Å². The minimum absolute atomic E-state index is 0.0974. The van der Waals surface area contributed by atoms with Gasteiger partial charge < -0.3 is 20.4 Å². The number of rotatable bonds is 5. The van der Waals surface area contributed by atoms with Crippen LogP contribution < -0.4 is 10.6 Å². The molecular weight excluding hydrogens is 280 g/mol. The van der Waals surface area contributed by atoms with E-state index >= 15 is 0 Å². The van der Waals surface area contributed by atoms with E-state index in [0.717, 1.165) is 0 Å². The van der Waals surface area contributed by atoms with Crippen molar-refractivity contribution in [2.75, 3.05) is 26.2 Å². The fourth-order valence-corrected chi connectivity index (χ4v) is 2.18. The Kier molecular flexibility index (Phi) is 7.70. The van der Waals surface area contributed by atoms with Gasteiger partial charge in [-0.05, 0) is 55.4 Å². The number of amides is 4. The maximum Gasteiger partial charge on any atom is 0.317 e. The second-order valence-electron chi connectivity index (χ2n) is 7.32. The molecular formula is C16H34N4O2. The summed E-state index contributed by atoms with van der Waals surface area (Å²) < 4.78 is 0. The zero-order chi connectivity index (χ0) is 17.6. The Morgan fingerprint density at radius 2 is 1.00 bits per heavy atom. The Morgan fingerprint density at radius 3 is 1.18 bits per heavy atom. The molecule has 0 rings (SSSR count). The van der Waals surface area contributed by atoms with Crippen LogP contribution in [0.3, 0.4) is 0 Å². The van der Waals surface area contributed by atoms with Gasteiger partial charge in [0, 0.05) is 37.3 Å². The Hall–Kier alpha value is -1.46. The molecule has 4 amide bonds. The van der Waals surface area contributed by atoms with Crippen molar-refractivity contribution in [3.05, 3.63) is 0 Å². The molecule has 0 unspecified atom stereocenters. The highest BCUT2D eigenvalue weighted by Crippen LogP contribution is 2.17. The normalized spacial score (nSPS) is 11.8. The molecule has 0 aromatic carbocycles. The second-order valence-corrected chi connectivity index (χ2v) is 7.32. The molecule has 0 aliphatic carbocycles. The minimum atomic E-state index is -0.302. The first-order chi connectivity index (χ1) is 9.95. The van der Waals surface area contributed by atoms with Crippen LogP contribution in [0.15, 0.2) is 0 Å². The molecule has 0 bridgehead atoms. The van der Waals surface area contributed by atoms with Gasteiger partial charge in [-0.2, -0.15) is 0 Å². The summed E-state index contributed by atoms with van der Waals surface area (Å²) in [7, 11) is 0. The number of hydrogen-bond donors (Lipinski definition) is 2. The van der Waals surface area contributed by atoms with E-state index in [4.69, 9.17) is 0 Å². The van der Waals surface area contributed by atoms with Gasteiger partial charge in [0.25, 0.3) is 0 Å². The van der Waals surface area contributed by atoms with E-state index in [9.17, 15) is 9.59 Å². The van der Waals surface area contributed by atoms with Crippen LogP contribution in [0.4, 0.5) is 9.59 Å². The molecule has 0 fully saturated rings. The standard InChI is InChI=1S/C16H34N4O2/c1-9-17-13(21)19(15(3,4)5)11-12-20(16(6,7)8)14(22)18-10-2/h9-12H2,1-8H3,(H,17,21)(H,18,22). The van der Waals surface area contributed by atoms with Crippen LogP contribution in [0.2, 0.25) is 0 Å². The first-order valence-corrected chi connectivity index (χ1v) is 8.06. The third-order valence-electron chi connectivity index (χ3n) is 3.31. The summed E-state index contributed by atoms with van der Waals surface area (Å²) >= 11 is 0. The Morgan fingerprint density at radius 1 is 0.727 bits per heavy atom. The first kappa shape index (κ1) is 20.5. The predicted molar refractivity (Wildman–Crippen MR) is 91.1 cm³/mol. The van der Waals surface area contributed by atoms with Crippen LogP contribution in [0.5, 0.6) is 0 Å². The van der Waals surface area contributed by atoms with E-state index in [2.05, 4.69) is 10.6 Å². The van der Waals surface area contributed by atoms with Crippen molar-refractivity contribution in [1.82, 2.24) is 20.4 Å². The zero-order valence-corrected chi connectivity index (χ0v) is 15.5. The quantitative estimate of drug-likeness (QED) is 0.819. The summed E-state index contributed by atoms with van der Waals surface area (Å²) in [5.74, 6) is 0. The summed E-state index contributed by atoms with van der Waals surface area (Å²) in [6.07, 6.45) is 0. The lowest BCUT2D eigenvalue weighted by atomic mass is 10.0. The lowest BCUT2D eigenvalue weighted by Gasteiger charge is -2.40. The second kappa shape index (κ2) is 8.25. The van der Waals surface area contributed by atoms with Gasteiger partial charge in [0.2, 0.25) is 0 Å². The highest BCUT2D eigenvalue weighted by atomic mass is 16.2. The number of carbonyl (C=O) groups excluding carboxylic acids is 2. The number of nitrogens with zero attached hydrogens (tertiary/aromatic N) is 2. The largest absolute Gasteiger partial charge is 0.338 e. The van der Waals surface area contributed by atoms with Gasteiger partial charge in [0.15, 0.2) is 0 Å². The molecule has 0 atom stereocenters. The molecule has 130 valence electrons. The van der Waals surface area contributed by atoms with E-state index in [1.165, 1.54) is 0 Å². The molecule has 0 saturated heterocycles. The number of hydrogen-bond acceptors (Lipinski definition) is 2. The van der Waals surface area contributed by atoms with Crippen molar-refractivity contribution >= 4 is 12.1 Å². The average molecular weight is 314 g/mol. The molecule has 6 heteroatoms. The topological polar surface area (TPSA) is 64.7 Å². The number of carbonyl (C=O) groups is 2. The SMILES string of the molecule is CCNC(=O)N(CCN(C(=O)NCC)C(C)(C)C)C(C)(C)C. The van der Waals surface area contributed by atoms with Crippen LogP contribution in [0, 0.1) is 0 Å². The third-order valence-corrected chi connectivity index (χ3v) is 3.31. The summed E-state index contributed by atoms with van der Waals surface area (Å²) in [4.78, 5) is 28.0. The fourth-order valence-electron chi connectivity index (χ4n) is 2.18. The van der Waals surface area contributed by atoms with Crippen molar-refractivity contribution < 1.29 is 9.59 Å². The maximum atomic E-state index is 12.2. The molecule has 2 N–H and O–H groups in total. The Bertz CT molecular complexity index is 333. The molecule has 0 aliphatic rings. The van der Waals surface area contributed by atoms with Crippen LogP contribution in [-0.4, -0.2) is 59.1 Å². The number of urea groups is 2. The molecule has 0 aromatic heterocycles. The van der Waals surface area contributed by atoms with E-state index in [-0.39, 0.29) is 23.1 Å². The zero-order valence-electron chi connectivity index (χ0n) is 15.5. The van der Waals surface area contributed by atoms with Crippen LogP contribution in [0.1, 0.15) is 55.4 Å². The van der Waals surface area contributed by atoms with Gasteiger partial charge >= 0.3 is 12.1 Å². The van der Waals surface area contributed by atoms with Gasteiger partial charge in [-0.1, -0.05) is 0 Å². The Labute approximate surface area is 135 Å². The van der Waals surface area contributed by atoms with Crippen molar-refractivity contribution in [3.8, 4) is 0 Å². The smallest absolute Gasteiger partial charge is 0.317 e. The van der Waals surface area contributed by atoms with E-state index in [1.54, 1.807) is 9.80 Å². The third kappa shape index (κ3) is 6.54. The van der Waals surface area contributed by atoms with E-state index in [1.807, 2.05) is 55.4 Å². The maximum absolute atomic E-state index is 12.2. The van der Waals surface area contributed by atoms with E-state index < -0.39 is 0 Å². The lowest BCUT2D eigenvalue weighted by molar-refractivity contribution is 0.107. The van der Waals surface area contributed by atoms with Gasteiger partial charge in [0.05, 0.1) is 0 Å². The van der Waals surface area contributed by atoms with Gasteiger partial charge in [-0.15, -0.1) is 0 Å². The van der Waals surface area contributed by atoms with Gasteiger partial charge in [-0.25, -0.2) is 9.59 Å². The van der Waals surface area contributed by atoms with Crippen molar-refractivity contribution in [1.29, 1.82) is 0 Å². The molecule has 0 aliphatic heterocycles. The predicted octanol–water partition coefficient (Wildman–Crippen LogP) is 2.65.